The Labute approximate surface area is 115 Å². The number of benzene rings is 1. The zero-order valence-corrected chi connectivity index (χ0v) is 12.2. The van der Waals surface area contributed by atoms with E-state index in [1.54, 1.807) is 12.1 Å². The molecule has 2 atom stereocenters. The number of hydrogen-bond acceptors (Lipinski definition) is 2. The van der Waals surface area contributed by atoms with Crippen LogP contribution in [0.3, 0.4) is 0 Å². The summed E-state index contributed by atoms with van der Waals surface area (Å²) >= 11 is 3.17. The van der Waals surface area contributed by atoms with Gasteiger partial charge < -0.3 is 9.84 Å². The topological polar surface area (TPSA) is 29.5 Å². The SMILES string of the molecule is CC1CC(O)(Cc2ccc(F)c(Br)c2)CC(C)O1. The molecule has 1 saturated heterocycles. The molecule has 0 saturated carbocycles. The molecule has 1 N–H and O–H groups in total. The highest BCUT2D eigenvalue weighted by Crippen LogP contribution is 2.32. The van der Waals surface area contributed by atoms with E-state index in [0.717, 1.165) is 5.56 Å². The summed E-state index contributed by atoms with van der Waals surface area (Å²) in [5.74, 6) is -0.278. The van der Waals surface area contributed by atoms with Crippen molar-refractivity contribution in [1.29, 1.82) is 0 Å². The molecule has 100 valence electrons. The molecular weight excluding hydrogens is 299 g/mol. The molecule has 2 nitrogen and oxygen atoms in total. The van der Waals surface area contributed by atoms with Crippen LogP contribution in [-0.4, -0.2) is 22.9 Å². The Balaban J connectivity index is 2.13. The van der Waals surface area contributed by atoms with E-state index in [1.807, 2.05) is 13.8 Å². The Morgan fingerprint density at radius 1 is 1.39 bits per heavy atom. The van der Waals surface area contributed by atoms with Crippen molar-refractivity contribution in [3.8, 4) is 0 Å². The fourth-order valence-corrected chi connectivity index (χ4v) is 3.25. The van der Waals surface area contributed by atoms with Crippen LogP contribution in [0.15, 0.2) is 22.7 Å². The lowest BCUT2D eigenvalue weighted by Crippen LogP contribution is -2.44. The average molecular weight is 317 g/mol. The molecule has 1 fully saturated rings. The maximum Gasteiger partial charge on any atom is 0.137 e. The number of hydrogen-bond donors (Lipinski definition) is 1. The lowest BCUT2D eigenvalue weighted by Gasteiger charge is -2.39. The first-order valence-electron chi connectivity index (χ1n) is 6.20. The molecule has 0 radical (unpaired) electrons. The second kappa shape index (κ2) is 5.27. The van der Waals surface area contributed by atoms with Crippen molar-refractivity contribution in [3.63, 3.8) is 0 Å². The van der Waals surface area contributed by atoms with E-state index in [0.29, 0.717) is 23.7 Å². The Hall–Kier alpha value is -0.450. The maximum atomic E-state index is 13.2. The summed E-state index contributed by atoms with van der Waals surface area (Å²) < 4.78 is 19.2. The Morgan fingerprint density at radius 2 is 2.00 bits per heavy atom. The average Bonchev–Trinajstić information content (AvgIpc) is 2.21. The van der Waals surface area contributed by atoms with Crippen molar-refractivity contribution < 1.29 is 14.2 Å². The van der Waals surface area contributed by atoms with Crippen LogP contribution in [0.5, 0.6) is 0 Å². The molecule has 0 aliphatic carbocycles. The van der Waals surface area contributed by atoms with Crippen LogP contribution in [0, 0.1) is 5.82 Å². The van der Waals surface area contributed by atoms with Crippen LogP contribution >= 0.6 is 15.9 Å². The summed E-state index contributed by atoms with van der Waals surface area (Å²) in [5, 5.41) is 10.6. The third-order valence-electron chi connectivity index (χ3n) is 3.32. The van der Waals surface area contributed by atoms with Crippen molar-refractivity contribution in [1.82, 2.24) is 0 Å². The minimum atomic E-state index is -0.756. The highest BCUT2D eigenvalue weighted by atomic mass is 79.9. The Bertz CT molecular complexity index is 426. The minimum absolute atomic E-state index is 0.0580. The van der Waals surface area contributed by atoms with E-state index < -0.39 is 5.60 Å². The van der Waals surface area contributed by atoms with Crippen molar-refractivity contribution in [3.05, 3.63) is 34.1 Å². The number of halogens is 2. The van der Waals surface area contributed by atoms with Crippen LogP contribution in [0.4, 0.5) is 4.39 Å². The summed E-state index contributed by atoms with van der Waals surface area (Å²) in [6.45, 7) is 3.95. The number of ether oxygens (including phenoxy) is 1. The van der Waals surface area contributed by atoms with Crippen molar-refractivity contribution >= 4 is 15.9 Å². The van der Waals surface area contributed by atoms with E-state index in [2.05, 4.69) is 15.9 Å². The smallest absolute Gasteiger partial charge is 0.137 e. The fourth-order valence-electron chi connectivity index (χ4n) is 2.82. The van der Waals surface area contributed by atoms with Gasteiger partial charge in [-0.25, -0.2) is 4.39 Å². The van der Waals surface area contributed by atoms with Crippen LogP contribution < -0.4 is 0 Å². The Morgan fingerprint density at radius 3 is 2.56 bits per heavy atom. The quantitative estimate of drug-likeness (QED) is 0.905. The van der Waals surface area contributed by atoms with Gasteiger partial charge >= 0.3 is 0 Å². The zero-order valence-electron chi connectivity index (χ0n) is 10.6. The molecule has 1 heterocycles. The number of aliphatic hydroxyl groups is 1. The summed E-state index contributed by atoms with van der Waals surface area (Å²) in [6.07, 6.45) is 1.88. The van der Waals surface area contributed by atoms with Gasteiger partial charge in [0.25, 0.3) is 0 Å². The van der Waals surface area contributed by atoms with Crippen LogP contribution in [0.2, 0.25) is 0 Å². The highest BCUT2D eigenvalue weighted by Gasteiger charge is 2.36. The molecule has 1 aromatic rings. The van der Waals surface area contributed by atoms with Crippen LogP contribution in [0.1, 0.15) is 32.3 Å². The van der Waals surface area contributed by atoms with Gasteiger partial charge in [-0.1, -0.05) is 6.07 Å². The van der Waals surface area contributed by atoms with E-state index >= 15 is 0 Å². The lowest BCUT2D eigenvalue weighted by molar-refractivity contribution is -0.130. The maximum absolute atomic E-state index is 13.2. The molecule has 1 aliphatic heterocycles. The molecule has 2 unspecified atom stereocenters. The molecular formula is C14H18BrFO2. The largest absolute Gasteiger partial charge is 0.389 e. The molecule has 0 aromatic heterocycles. The lowest BCUT2D eigenvalue weighted by atomic mass is 9.82. The molecule has 0 spiro atoms. The number of rotatable bonds is 2. The predicted molar refractivity (Wildman–Crippen MR) is 72.0 cm³/mol. The van der Waals surface area contributed by atoms with Gasteiger partial charge in [0.05, 0.1) is 22.3 Å². The summed E-state index contributed by atoms with van der Waals surface area (Å²) in [7, 11) is 0. The van der Waals surface area contributed by atoms with Crippen molar-refractivity contribution in [2.45, 2.75) is 50.9 Å². The van der Waals surface area contributed by atoms with Crippen LogP contribution in [-0.2, 0) is 11.2 Å². The second-order valence-electron chi connectivity index (χ2n) is 5.32. The van der Waals surface area contributed by atoms with Gasteiger partial charge in [-0.05, 0) is 47.5 Å². The van der Waals surface area contributed by atoms with Gasteiger partial charge in [0.15, 0.2) is 0 Å². The van der Waals surface area contributed by atoms with E-state index in [1.165, 1.54) is 6.07 Å². The molecule has 2 rings (SSSR count). The second-order valence-corrected chi connectivity index (χ2v) is 6.17. The zero-order chi connectivity index (χ0) is 13.3. The van der Waals surface area contributed by atoms with Gasteiger partial charge in [-0.3, -0.25) is 0 Å². The normalized spacial score (nSPS) is 32.5. The first-order chi connectivity index (χ1) is 8.38. The third kappa shape index (κ3) is 3.31. The van der Waals surface area contributed by atoms with E-state index in [-0.39, 0.29) is 18.0 Å². The molecule has 18 heavy (non-hydrogen) atoms. The first kappa shape index (κ1) is 14.0. The van der Waals surface area contributed by atoms with E-state index in [9.17, 15) is 9.50 Å². The first-order valence-corrected chi connectivity index (χ1v) is 6.99. The molecule has 0 amide bonds. The van der Waals surface area contributed by atoms with Crippen molar-refractivity contribution in [2.75, 3.05) is 0 Å². The third-order valence-corrected chi connectivity index (χ3v) is 3.92. The highest BCUT2D eigenvalue weighted by molar-refractivity contribution is 9.10. The summed E-state index contributed by atoms with van der Waals surface area (Å²) in [5.41, 5.74) is 0.182. The summed E-state index contributed by atoms with van der Waals surface area (Å²) in [6, 6.07) is 4.88. The molecule has 4 heteroatoms. The van der Waals surface area contributed by atoms with Gasteiger partial charge in [-0.15, -0.1) is 0 Å². The summed E-state index contributed by atoms with van der Waals surface area (Å²) in [4.78, 5) is 0. The molecule has 0 bridgehead atoms. The monoisotopic (exact) mass is 316 g/mol. The van der Waals surface area contributed by atoms with E-state index in [4.69, 9.17) is 4.74 Å². The van der Waals surface area contributed by atoms with Crippen molar-refractivity contribution in [2.24, 2.45) is 0 Å². The standard InChI is InChI=1S/C14H18BrFO2/c1-9-6-14(17,7-10(2)18-9)8-11-3-4-13(16)12(15)5-11/h3-5,9-10,17H,6-8H2,1-2H3. The Kier molecular flexibility index (Phi) is 4.09. The molecule has 1 aliphatic rings. The van der Waals surface area contributed by atoms with Gasteiger partial charge in [0.1, 0.15) is 5.82 Å². The van der Waals surface area contributed by atoms with Gasteiger partial charge in [-0.2, -0.15) is 0 Å². The predicted octanol–water partition coefficient (Wildman–Crippen LogP) is 3.45. The molecule has 1 aromatic carbocycles. The fraction of sp³-hybridized carbons (Fsp3) is 0.571. The van der Waals surface area contributed by atoms with Crippen LogP contribution in [0.25, 0.3) is 0 Å². The minimum Gasteiger partial charge on any atom is -0.389 e. The van der Waals surface area contributed by atoms with Gasteiger partial charge in [0, 0.05) is 19.3 Å². The van der Waals surface area contributed by atoms with Gasteiger partial charge in [0.2, 0.25) is 0 Å².